The number of methoxy groups -OCH3 is 6. The van der Waals surface area contributed by atoms with Crippen LogP contribution in [0.5, 0.6) is 34.5 Å². The predicted molar refractivity (Wildman–Crippen MR) is 180 cm³/mol. The maximum absolute atomic E-state index is 13.6. The van der Waals surface area contributed by atoms with Crippen LogP contribution in [0.3, 0.4) is 0 Å². The van der Waals surface area contributed by atoms with Gasteiger partial charge in [-0.1, -0.05) is 30.3 Å². The van der Waals surface area contributed by atoms with Crippen LogP contribution in [-0.4, -0.2) is 97.4 Å². The van der Waals surface area contributed by atoms with Gasteiger partial charge in [0.25, 0.3) is 11.8 Å². The lowest BCUT2D eigenvalue weighted by atomic mass is 9.94. The molecule has 0 radical (unpaired) electrons. The fourth-order valence-corrected chi connectivity index (χ4v) is 6.21. The molecule has 2 saturated heterocycles. The molecule has 5 rings (SSSR count). The summed E-state index contributed by atoms with van der Waals surface area (Å²) in [5.41, 5.74) is 0.139. The summed E-state index contributed by atoms with van der Waals surface area (Å²) in [6.45, 7) is 3.69. The molecule has 2 fully saturated rings. The molecule has 0 unspecified atom stereocenters. The number of carbonyl (C=O) groups excluding carboxylic acids is 2. The average molecular weight is 697 g/mol. The van der Waals surface area contributed by atoms with Crippen molar-refractivity contribution in [2.45, 2.75) is 50.3 Å². The second-order valence-corrected chi connectivity index (χ2v) is 12.0. The first kappa shape index (κ1) is 36.5. The third-order valence-electron chi connectivity index (χ3n) is 8.45. The molecule has 0 aromatic heterocycles. The molecule has 0 aliphatic carbocycles. The highest BCUT2D eigenvalue weighted by atomic mass is 16.8. The summed E-state index contributed by atoms with van der Waals surface area (Å²) in [5, 5.41) is 5.90. The Morgan fingerprint density at radius 2 is 1.22 bits per heavy atom. The summed E-state index contributed by atoms with van der Waals surface area (Å²) >= 11 is 0. The molecular weight excluding hydrogens is 652 g/mol. The molecule has 0 bridgehead atoms. The Morgan fingerprint density at radius 3 is 1.70 bits per heavy atom. The number of ether oxygens (including phenoxy) is 10. The van der Waals surface area contributed by atoms with E-state index in [4.69, 9.17) is 47.4 Å². The van der Waals surface area contributed by atoms with Crippen molar-refractivity contribution >= 4 is 11.8 Å². The highest BCUT2D eigenvalue weighted by molar-refractivity contribution is 5.96. The van der Waals surface area contributed by atoms with Crippen LogP contribution in [0.15, 0.2) is 54.6 Å². The molecule has 2 amide bonds. The molecule has 270 valence electrons. The van der Waals surface area contributed by atoms with Crippen molar-refractivity contribution in [1.82, 2.24) is 10.6 Å². The van der Waals surface area contributed by atoms with E-state index in [1.165, 1.54) is 42.7 Å². The molecule has 2 heterocycles. The lowest BCUT2D eigenvalue weighted by Crippen LogP contribution is -2.56. The molecule has 14 nitrogen and oxygen atoms in total. The first-order valence-electron chi connectivity index (χ1n) is 15.9. The first-order valence-corrected chi connectivity index (χ1v) is 15.9. The van der Waals surface area contributed by atoms with Gasteiger partial charge in [-0.2, -0.15) is 0 Å². The Morgan fingerprint density at radius 1 is 0.720 bits per heavy atom. The Bertz CT molecular complexity index is 1620. The second kappa shape index (κ2) is 15.4. The summed E-state index contributed by atoms with van der Waals surface area (Å²) in [6, 6.07) is 15.8. The van der Waals surface area contributed by atoms with Gasteiger partial charge in [-0.15, -0.1) is 0 Å². The van der Waals surface area contributed by atoms with Crippen molar-refractivity contribution in [2.24, 2.45) is 0 Å². The molecule has 3 aromatic rings. The van der Waals surface area contributed by atoms with E-state index in [1.807, 2.05) is 30.3 Å². The number of amides is 2. The molecule has 0 spiro atoms. The Kier molecular flexibility index (Phi) is 11.3. The number of hydrogen-bond donors (Lipinski definition) is 2. The van der Waals surface area contributed by atoms with Crippen LogP contribution in [0, 0.1) is 0 Å². The fourth-order valence-electron chi connectivity index (χ4n) is 6.21. The van der Waals surface area contributed by atoms with Crippen LogP contribution < -0.4 is 39.1 Å². The Balaban J connectivity index is 1.41. The van der Waals surface area contributed by atoms with Crippen LogP contribution >= 0.6 is 0 Å². The van der Waals surface area contributed by atoms with Crippen molar-refractivity contribution in [3.8, 4) is 34.5 Å². The van der Waals surface area contributed by atoms with Crippen LogP contribution in [0.25, 0.3) is 0 Å². The summed E-state index contributed by atoms with van der Waals surface area (Å²) < 4.78 is 58.3. The molecule has 4 atom stereocenters. The maximum Gasteiger partial charge on any atom is 0.251 e. The number of hydrogen-bond acceptors (Lipinski definition) is 12. The number of nitrogens with one attached hydrogen (secondary N) is 2. The van der Waals surface area contributed by atoms with Gasteiger partial charge in [0.05, 0.1) is 55.8 Å². The van der Waals surface area contributed by atoms with Gasteiger partial charge in [0.1, 0.15) is 12.2 Å². The van der Waals surface area contributed by atoms with Gasteiger partial charge in [0.15, 0.2) is 40.7 Å². The van der Waals surface area contributed by atoms with Crippen LogP contribution in [0.1, 0.15) is 40.1 Å². The maximum atomic E-state index is 13.6. The van der Waals surface area contributed by atoms with Crippen LogP contribution in [0.4, 0.5) is 0 Å². The second-order valence-electron chi connectivity index (χ2n) is 12.0. The van der Waals surface area contributed by atoms with Crippen molar-refractivity contribution in [1.29, 1.82) is 0 Å². The summed E-state index contributed by atoms with van der Waals surface area (Å²) in [7, 11) is 8.86. The zero-order valence-electron chi connectivity index (χ0n) is 29.4. The van der Waals surface area contributed by atoms with Crippen molar-refractivity contribution in [3.05, 3.63) is 71.3 Å². The van der Waals surface area contributed by atoms with Crippen LogP contribution in [-0.2, 0) is 25.6 Å². The molecular formula is C36H44N2O12. The zero-order chi connectivity index (χ0) is 36.1. The molecule has 2 aliphatic rings. The van der Waals surface area contributed by atoms with Gasteiger partial charge < -0.3 is 58.0 Å². The van der Waals surface area contributed by atoms with Gasteiger partial charge >= 0.3 is 0 Å². The smallest absolute Gasteiger partial charge is 0.251 e. The average Bonchev–Trinajstić information content (AvgIpc) is 3.57. The standard InChI is InChI=1S/C36H44N2O12/c1-35(2)49-31-28(18-37-32(39)22-14-24(41-3)29(45-7)25(15-22)42-4)48-34(47-19-21-12-10-9-11-13-21)36(31,50-35)20-38-33(40)23-16-26(43-5)30(46-8)27(17-23)44-6/h9-17,28,31,34H,18-20H2,1-8H3,(H,37,39)(H,38,40)/t28-,31-,34-,36-/m1/s1. The third kappa shape index (κ3) is 7.38. The highest BCUT2D eigenvalue weighted by Crippen LogP contribution is 2.47. The number of benzene rings is 3. The predicted octanol–water partition coefficient (Wildman–Crippen LogP) is 3.73. The molecule has 2 N–H and O–H groups in total. The van der Waals surface area contributed by atoms with E-state index in [2.05, 4.69) is 10.6 Å². The SMILES string of the molecule is COc1cc(C(=O)NC[C@H]2O[C@@H](OCc3ccccc3)[C@]3(CNC(=O)c4cc(OC)c(OC)c(OC)c4)OC(C)(C)O[C@H]23)cc(OC)c1OC. The largest absolute Gasteiger partial charge is 0.493 e. The van der Waals surface area contributed by atoms with Gasteiger partial charge in [-0.3, -0.25) is 9.59 Å². The number of carbonyl (C=O) groups is 2. The summed E-state index contributed by atoms with van der Waals surface area (Å²) in [4.78, 5) is 27.1. The van der Waals surface area contributed by atoms with Gasteiger partial charge in [-0.25, -0.2) is 0 Å². The van der Waals surface area contributed by atoms with E-state index in [0.717, 1.165) is 5.56 Å². The molecule has 14 heteroatoms. The molecule has 2 aliphatic heterocycles. The van der Waals surface area contributed by atoms with E-state index in [0.29, 0.717) is 34.5 Å². The van der Waals surface area contributed by atoms with Crippen molar-refractivity contribution in [2.75, 3.05) is 55.7 Å². The van der Waals surface area contributed by atoms with E-state index < -0.39 is 41.7 Å². The minimum Gasteiger partial charge on any atom is -0.493 e. The van der Waals surface area contributed by atoms with Gasteiger partial charge in [-0.05, 0) is 43.7 Å². The van der Waals surface area contributed by atoms with E-state index in [1.54, 1.807) is 38.1 Å². The van der Waals surface area contributed by atoms with E-state index >= 15 is 0 Å². The number of fused-ring (bicyclic) bond motifs is 1. The van der Waals surface area contributed by atoms with Gasteiger partial charge in [0.2, 0.25) is 11.5 Å². The molecule has 50 heavy (non-hydrogen) atoms. The third-order valence-corrected chi connectivity index (χ3v) is 8.45. The zero-order valence-corrected chi connectivity index (χ0v) is 29.4. The highest BCUT2D eigenvalue weighted by Gasteiger charge is 2.66. The summed E-state index contributed by atoms with van der Waals surface area (Å²) in [5.74, 6) is 0.0955. The fraction of sp³-hybridized carbons (Fsp3) is 0.444. The van der Waals surface area contributed by atoms with E-state index in [-0.39, 0.29) is 30.8 Å². The molecule has 0 saturated carbocycles. The Labute approximate surface area is 291 Å². The topological polar surface area (TPSA) is 150 Å². The Hall–Kier alpha value is -4.76. The van der Waals surface area contributed by atoms with Crippen LogP contribution in [0.2, 0.25) is 0 Å². The van der Waals surface area contributed by atoms with Gasteiger partial charge in [0, 0.05) is 17.7 Å². The van der Waals surface area contributed by atoms with E-state index in [9.17, 15) is 9.59 Å². The number of rotatable bonds is 15. The minimum absolute atomic E-state index is 0.0212. The quantitative estimate of drug-likeness (QED) is 0.238. The monoisotopic (exact) mass is 696 g/mol. The lowest BCUT2D eigenvalue weighted by Gasteiger charge is -2.33. The lowest BCUT2D eigenvalue weighted by molar-refractivity contribution is -0.260. The normalized spacial score (nSPS) is 21.9. The minimum atomic E-state index is -1.31. The first-order chi connectivity index (χ1) is 24.0. The molecule has 3 aromatic carbocycles. The van der Waals surface area contributed by atoms with Crippen molar-refractivity contribution < 1.29 is 57.0 Å². The van der Waals surface area contributed by atoms with Crippen molar-refractivity contribution in [3.63, 3.8) is 0 Å². The summed E-state index contributed by atoms with van der Waals surface area (Å²) in [6.07, 6.45) is -2.50.